The van der Waals surface area contributed by atoms with Crippen molar-refractivity contribution in [3.05, 3.63) is 59.9 Å². The molecule has 0 fully saturated rings. The normalized spacial score (nSPS) is 12.1. The third-order valence-corrected chi connectivity index (χ3v) is 3.63. The number of anilines is 1. The molecule has 5 heteroatoms. The Morgan fingerprint density at radius 2 is 1.74 bits per heavy atom. The van der Waals surface area contributed by atoms with Crippen molar-refractivity contribution >= 4 is 11.6 Å². The van der Waals surface area contributed by atoms with Gasteiger partial charge in [-0.05, 0) is 42.0 Å². The number of halogens is 1. The van der Waals surface area contributed by atoms with Crippen LogP contribution in [0.2, 0.25) is 0 Å². The zero-order valence-electron chi connectivity index (χ0n) is 13.6. The molecule has 3 N–H and O–H groups in total. The number of hydrogen-bond acceptors (Lipinski definition) is 2. The number of guanidine groups is 1. The largest absolute Gasteiger partial charge is 0.497 e. The zero-order valence-corrected chi connectivity index (χ0v) is 13.6. The molecular weight excluding hydrogens is 293 g/mol. The van der Waals surface area contributed by atoms with E-state index in [1.54, 1.807) is 19.2 Å². The van der Waals surface area contributed by atoms with Crippen LogP contribution in [0.4, 0.5) is 10.1 Å². The first-order valence-corrected chi connectivity index (χ1v) is 7.38. The van der Waals surface area contributed by atoms with E-state index in [0.29, 0.717) is 12.5 Å². The van der Waals surface area contributed by atoms with Crippen molar-refractivity contribution in [1.29, 1.82) is 0 Å². The Balaban J connectivity index is 2.01. The van der Waals surface area contributed by atoms with E-state index in [9.17, 15) is 4.39 Å². The standard InChI is InChI=1S/C18H22FN3O/c1-18(2,13-4-6-14(19)7-5-13)12-21-17(20)22-15-8-10-16(23-3)11-9-15/h4-11H,12H2,1-3H3,(H3,20,21,22). The molecule has 0 saturated heterocycles. The van der Waals surface area contributed by atoms with Crippen molar-refractivity contribution in [3.8, 4) is 5.75 Å². The molecule has 2 rings (SSSR count). The Bertz CT molecular complexity index is 664. The Labute approximate surface area is 136 Å². The maximum Gasteiger partial charge on any atom is 0.193 e. The molecule has 0 aliphatic carbocycles. The predicted molar refractivity (Wildman–Crippen MR) is 92.5 cm³/mol. The van der Waals surface area contributed by atoms with E-state index in [1.165, 1.54) is 12.1 Å². The van der Waals surface area contributed by atoms with Crippen LogP contribution in [-0.2, 0) is 5.41 Å². The van der Waals surface area contributed by atoms with Crippen LogP contribution < -0.4 is 15.8 Å². The lowest BCUT2D eigenvalue weighted by Crippen LogP contribution is -2.27. The fourth-order valence-electron chi connectivity index (χ4n) is 2.14. The number of benzene rings is 2. The molecule has 0 aliphatic rings. The van der Waals surface area contributed by atoms with Gasteiger partial charge in [0.05, 0.1) is 13.7 Å². The van der Waals surface area contributed by atoms with Crippen LogP contribution in [0.15, 0.2) is 53.5 Å². The van der Waals surface area contributed by atoms with E-state index in [0.717, 1.165) is 17.0 Å². The quantitative estimate of drug-likeness (QED) is 0.655. The van der Waals surface area contributed by atoms with E-state index in [4.69, 9.17) is 10.5 Å². The monoisotopic (exact) mass is 315 g/mol. The van der Waals surface area contributed by atoms with Crippen molar-refractivity contribution in [2.75, 3.05) is 19.0 Å². The van der Waals surface area contributed by atoms with Gasteiger partial charge in [-0.1, -0.05) is 26.0 Å². The highest BCUT2D eigenvalue weighted by Crippen LogP contribution is 2.23. The van der Waals surface area contributed by atoms with Crippen LogP contribution in [0.1, 0.15) is 19.4 Å². The minimum atomic E-state index is -0.242. The van der Waals surface area contributed by atoms with Crippen LogP contribution in [0.25, 0.3) is 0 Å². The Morgan fingerprint density at radius 3 is 2.30 bits per heavy atom. The topological polar surface area (TPSA) is 59.6 Å². The number of rotatable bonds is 5. The second kappa shape index (κ2) is 7.13. The van der Waals surface area contributed by atoms with Gasteiger partial charge in [0.2, 0.25) is 0 Å². The molecule has 2 aromatic rings. The van der Waals surface area contributed by atoms with Crippen molar-refractivity contribution in [3.63, 3.8) is 0 Å². The molecule has 2 aromatic carbocycles. The summed E-state index contributed by atoms with van der Waals surface area (Å²) in [6.45, 7) is 4.59. The lowest BCUT2D eigenvalue weighted by atomic mass is 9.85. The van der Waals surface area contributed by atoms with Gasteiger partial charge in [0, 0.05) is 11.1 Å². The van der Waals surface area contributed by atoms with E-state index in [-0.39, 0.29) is 11.2 Å². The average Bonchev–Trinajstić information content (AvgIpc) is 2.54. The second-order valence-corrected chi connectivity index (χ2v) is 5.95. The summed E-state index contributed by atoms with van der Waals surface area (Å²) in [7, 11) is 1.62. The van der Waals surface area contributed by atoms with E-state index in [2.05, 4.69) is 10.3 Å². The van der Waals surface area contributed by atoms with Crippen molar-refractivity contribution < 1.29 is 9.13 Å². The third kappa shape index (κ3) is 4.71. The molecule has 0 aromatic heterocycles. The van der Waals surface area contributed by atoms with E-state index >= 15 is 0 Å². The summed E-state index contributed by atoms with van der Waals surface area (Å²) < 4.78 is 18.1. The first-order chi connectivity index (χ1) is 10.9. The van der Waals surface area contributed by atoms with E-state index in [1.807, 2.05) is 38.1 Å². The summed E-state index contributed by atoms with van der Waals surface area (Å²) in [4.78, 5) is 4.39. The molecule has 0 radical (unpaired) electrons. The summed E-state index contributed by atoms with van der Waals surface area (Å²) in [6, 6.07) is 13.9. The van der Waals surface area contributed by atoms with Crippen LogP contribution in [0.5, 0.6) is 5.75 Å². The highest BCUT2D eigenvalue weighted by atomic mass is 19.1. The molecule has 0 saturated carbocycles. The summed E-state index contributed by atoms with van der Waals surface area (Å²) >= 11 is 0. The molecular formula is C18H22FN3O. The maximum atomic E-state index is 13.0. The number of aliphatic imine (C=N–C) groups is 1. The van der Waals surface area contributed by atoms with Gasteiger partial charge >= 0.3 is 0 Å². The summed E-state index contributed by atoms with van der Waals surface area (Å²) in [6.07, 6.45) is 0. The van der Waals surface area contributed by atoms with Crippen LogP contribution in [0.3, 0.4) is 0 Å². The Hall–Kier alpha value is -2.56. The maximum absolute atomic E-state index is 13.0. The summed E-state index contributed by atoms with van der Waals surface area (Å²) in [5.74, 6) is 0.877. The van der Waals surface area contributed by atoms with Crippen molar-refractivity contribution in [1.82, 2.24) is 0 Å². The highest BCUT2D eigenvalue weighted by Gasteiger charge is 2.20. The first kappa shape index (κ1) is 16.8. The van der Waals surface area contributed by atoms with Gasteiger partial charge in [-0.25, -0.2) is 4.39 Å². The van der Waals surface area contributed by atoms with E-state index < -0.39 is 0 Å². The zero-order chi connectivity index (χ0) is 16.9. The minimum absolute atomic E-state index is 0.236. The molecule has 0 atom stereocenters. The minimum Gasteiger partial charge on any atom is -0.497 e. The molecule has 0 spiro atoms. The highest BCUT2D eigenvalue weighted by molar-refractivity contribution is 5.92. The van der Waals surface area contributed by atoms with Gasteiger partial charge in [0.25, 0.3) is 0 Å². The van der Waals surface area contributed by atoms with Crippen LogP contribution in [-0.4, -0.2) is 19.6 Å². The number of methoxy groups -OCH3 is 1. The molecule has 4 nitrogen and oxygen atoms in total. The second-order valence-electron chi connectivity index (χ2n) is 5.95. The number of hydrogen-bond donors (Lipinski definition) is 2. The van der Waals surface area contributed by atoms with Gasteiger partial charge < -0.3 is 15.8 Å². The van der Waals surface area contributed by atoms with Gasteiger partial charge in [0.1, 0.15) is 11.6 Å². The lowest BCUT2D eigenvalue weighted by Gasteiger charge is -2.23. The number of nitrogens with two attached hydrogens (primary N) is 1. The molecule has 0 amide bonds. The summed E-state index contributed by atoms with van der Waals surface area (Å²) in [5, 5.41) is 3.04. The van der Waals surface area contributed by atoms with Crippen molar-refractivity contribution in [2.45, 2.75) is 19.3 Å². The fraction of sp³-hybridized carbons (Fsp3) is 0.278. The first-order valence-electron chi connectivity index (χ1n) is 7.38. The van der Waals surface area contributed by atoms with Crippen LogP contribution >= 0.6 is 0 Å². The number of ether oxygens (including phenoxy) is 1. The summed E-state index contributed by atoms with van der Waals surface area (Å²) in [5.41, 5.74) is 7.55. The van der Waals surface area contributed by atoms with Gasteiger partial charge in [-0.3, -0.25) is 4.99 Å². The fourth-order valence-corrected chi connectivity index (χ4v) is 2.14. The van der Waals surface area contributed by atoms with Crippen molar-refractivity contribution in [2.24, 2.45) is 10.7 Å². The smallest absolute Gasteiger partial charge is 0.193 e. The van der Waals surface area contributed by atoms with Gasteiger partial charge in [-0.2, -0.15) is 0 Å². The Morgan fingerprint density at radius 1 is 1.13 bits per heavy atom. The molecule has 0 heterocycles. The van der Waals surface area contributed by atoms with Gasteiger partial charge in [0.15, 0.2) is 5.96 Å². The van der Waals surface area contributed by atoms with Crippen LogP contribution in [0, 0.1) is 5.82 Å². The Kier molecular flexibility index (Phi) is 5.21. The number of nitrogens with zero attached hydrogens (tertiary/aromatic N) is 1. The average molecular weight is 315 g/mol. The SMILES string of the molecule is COc1ccc(NC(N)=NCC(C)(C)c2ccc(F)cc2)cc1. The molecule has 0 bridgehead atoms. The number of nitrogens with one attached hydrogen (secondary N) is 1. The lowest BCUT2D eigenvalue weighted by molar-refractivity contribution is 0.415. The van der Waals surface area contributed by atoms with Gasteiger partial charge in [-0.15, -0.1) is 0 Å². The predicted octanol–water partition coefficient (Wildman–Crippen LogP) is 3.54. The molecule has 23 heavy (non-hydrogen) atoms. The molecule has 0 aliphatic heterocycles. The molecule has 122 valence electrons. The molecule has 0 unspecified atom stereocenters. The third-order valence-electron chi connectivity index (χ3n) is 3.63.